The van der Waals surface area contributed by atoms with E-state index < -0.39 is 5.97 Å². The average molecular weight is 356 g/mol. The minimum Gasteiger partial charge on any atom is -0.465 e. The third-order valence-electron chi connectivity index (χ3n) is 3.44. The summed E-state index contributed by atoms with van der Waals surface area (Å²) in [5.41, 5.74) is 0.768. The molecule has 0 aliphatic carbocycles. The zero-order valence-electron chi connectivity index (χ0n) is 12.5. The smallest absolute Gasteiger partial charge is 0.351 e. The number of carbonyl (C=O) groups is 2. The van der Waals surface area contributed by atoms with E-state index in [0.717, 1.165) is 17.0 Å². The molecule has 10 heteroatoms. The number of halogens is 1. The van der Waals surface area contributed by atoms with Crippen molar-refractivity contribution in [2.45, 2.75) is 0 Å². The van der Waals surface area contributed by atoms with E-state index in [1.807, 2.05) is 0 Å². The molecule has 2 aromatic rings. The molecule has 1 saturated heterocycles. The van der Waals surface area contributed by atoms with Crippen molar-refractivity contribution in [2.24, 2.45) is 7.05 Å². The van der Waals surface area contributed by atoms with Crippen LogP contribution in [-0.4, -0.2) is 53.4 Å². The molecule has 3 heterocycles. The summed E-state index contributed by atoms with van der Waals surface area (Å²) in [5, 5.41) is 4.71. The van der Waals surface area contributed by atoms with Crippen molar-refractivity contribution in [1.82, 2.24) is 14.8 Å². The van der Waals surface area contributed by atoms with Crippen LogP contribution in [0.1, 0.15) is 9.67 Å². The summed E-state index contributed by atoms with van der Waals surface area (Å²) in [6.45, 7) is 1.26. The third-order valence-corrected chi connectivity index (χ3v) is 4.92. The molecule has 0 radical (unpaired) electrons. The van der Waals surface area contributed by atoms with Gasteiger partial charge in [-0.1, -0.05) is 22.9 Å². The van der Waals surface area contributed by atoms with E-state index in [4.69, 9.17) is 11.6 Å². The largest absolute Gasteiger partial charge is 0.465 e. The molecular formula is C13H14ClN5O3S. The van der Waals surface area contributed by atoms with Gasteiger partial charge in [0.25, 0.3) is 0 Å². The molecule has 1 aliphatic rings. The van der Waals surface area contributed by atoms with Crippen LogP contribution in [-0.2, 0) is 16.6 Å². The summed E-state index contributed by atoms with van der Waals surface area (Å²) >= 11 is 7.09. The number of methoxy groups -OCH3 is 1. The van der Waals surface area contributed by atoms with Crippen molar-refractivity contribution in [3.63, 3.8) is 0 Å². The van der Waals surface area contributed by atoms with E-state index in [0.29, 0.717) is 18.2 Å². The maximum atomic E-state index is 12.4. The van der Waals surface area contributed by atoms with Gasteiger partial charge in [-0.2, -0.15) is 5.10 Å². The van der Waals surface area contributed by atoms with Gasteiger partial charge in [-0.05, 0) is 0 Å². The van der Waals surface area contributed by atoms with Crippen LogP contribution in [0.15, 0.2) is 12.4 Å². The first-order valence-corrected chi connectivity index (χ1v) is 7.97. The van der Waals surface area contributed by atoms with Crippen molar-refractivity contribution < 1.29 is 14.3 Å². The van der Waals surface area contributed by atoms with Crippen LogP contribution in [0.25, 0.3) is 0 Å². The van der Waals surface area contributed by atoms with E-state index in [2.05, 4.69) is 14.8 Å². The van der Waals surface area contributed by atoms with Gasteiger partial charge >= 0.3 is 5.97 Å². The molecule has 1 amide bonds. The van der Waals surface area contributed by atoms with Crippen LogP contribution in [0, 0.1) is 0 Å². The first-order valence-electron chi connectivity index (χ1n) is 6.78. The summed E-state index contributed by atoms with van der Waals surface area (Å²) in [6.07, 6.45) is 3.45. The van der Waals surface area contributed by atoms with Crippen molar-refractivity contribution >= 4 is 45.6 Å². The molecule has 0 N–H and O–H groups in total. The van der Waals surface area contributed by atoms with E-state index in [-0.39, 0.29) is 22.5 Å². The fourth-order valence-electron chi connectivity index (χ4n) is 2.30. The molecule has 122 valence electrons. The third kappa shape index (κ3) is 3.02. The summed E-state index contributed by atoms with van der Waals surface area (Å²) in [7, 11) is 3.09. The molecule has 1 aliphatic heterocycles. The standard InChI is InChI=1S/C13H14ClN5O3S/c1-17-6-8(5-15-17)19-4-3-18(7-9(19)20)13-16-11(14)10(23-13)12(21)22-2/h5-6H,3-4,7H2,1-2H3. The molecule has 0 atom stereocenters. The Morgan fingerprint density at radius 1 is 1.43 bits per heavy atom. The number of ether oxygens (including phenoxy) is 1. The number of hydrogen-bond donors (Lipinski definition) is 0. The normalized spacial score (nSPS) is 15.2. The summed E-state index contributed by atoms with van der Waals surface area (Å²) in [4.78, 5) is 31.9. The summed E-state index contributed by atoms with van der Waals surface area (Å²) in [6, 6.07) is 0. The number of hydrogen-bond acceptors (Lipinski definition) is 7. The van der Waals surface area contributed by atoms with Gasteiger partial charge in [0, 0.05) is 26.3 Å². The van der Waals surface area contributed by atoms with Gasteiger partial charge in [0.2, 0.25) is 5.91 Å². The van der Waals surface area contributed by atoms with E-state index in [1.54, 1.807) is 33.9 Å². The molecule has 0 spiro atoms. The number of rotatable bonds is 3. The zero-order chi connectivity index (χ0) is 16.6. The summed E-state index contributed by atoms with van der Waals surface area (Å²) < 4.78 is 6.31. The van der Waals surface area contributed by atoms with E-state index >= 15 is 0 Å². The number of anilines is 2. The minimum atomic E-state index is -0.529. The Morgan fingerprint density at radius 3 is 2.83 bits per heavy atom. The highest BCUT2D eigenvalue weighted by atomic mass is 35.5. The molecule has 2 aromatic heterocycles. The monoisotopic (exact) mass is 355 g/mol. The molecule has 1 fully saturated rings. The molecule has 0 aromatic carbocycles. The molecule has 0 saturated carbocycles. The maximum Gasteiger partial charge on any atom is 0.351 e. The molecule has 0 bridgehead atoms. The Labute approximate surface area is 141 Å². The van der Waals surface area contributed by atoms with Gasteiger partial charge < -0.3 is 14.5 Å². The van der Waals surface area contributed by atoms with Gasteiger partial charge in [-0.15, -0.1) is 0 Å². The Morgan fingerprint density at radius 2 is 2.22 bits per heavy atom. The minimum absolute atomic E-state index is 0.0600. The molecule has 23 heavy (non-hydrogen) atoms. The Bertz CT molecular complexity index is 759. The second-order valence-electron chi connectivity index (χ2n) is 4.95. The molecule has 3 rings (SSSR count). The number of amides is 1. The zero-order valence-corrected chi connectivity index (χ0v) is 14.1. The Hall–Kier alpha value is -2.13. The van der Waals surface area contributed by atoms with Crippen molar-refractivity contribution in [3.05, 3.63) is 22.4 Å². The number of esters is 1. The van der Waals surface area contributed by atoms with E-state index in [9.17, 15) is 9.59 Å². The lowest BCUT2D eigenvalue weighted by molar-refractivity contribution is -0.117. The highest BCUT2D eigenvalue weighted by molar-refractivity contribution is 7.18. The molecule has 8 nitrogen and oxygen atoms in total. The molecule has 0 unspecified atom stereocenters. The highest BCUT2D eigenvalue weighted by Gasteiger charge is 2.29. The first kappa shape index (κ1) is 15.8. The number of carbonyl (C=O) groups excluding carboxylic acids is 2. The number of nitrogens with zero attached hydrogens (tertiary/aromatic N) is 5. The van der Waals surface area contributed by atoms with Gasteiger partial charge in [0.1, 0.15) is 0 Å². The van der Waals surface area contributed by atoms with Crippen molar-refractivity contribution in [1.29, 1.82) is 0 Å². The highest BCUT2D eigenvalue weighted by Crippen LogP contribution is 2.31. The Kier molecular flexibility index (Phi) is 4.22. The van der Waals surface area contributed by atoms with E-state index in [1.165, 1.54) is 7.11 Å². The lowest BCUT2D eigenvalue weighted by atomic mass is 10.3. The predicted molar refractivity (Wildman–Crippen MR) is 86.2 cm³/mol. The number of aryl methyl sites for hydroxylation is 1. The van der Waals surface area contributed by atoms with Gasteiger partial charge in [0.05, 0.1) is 25.5 Å². The lowest BCUT2D eigenvalue weighted by Gasteiger charge is -2.33. The second-order valence-corrected chi connectivity index (χ2v) is 6.28. The van der Waals surface area contributed by atoms with Crippen LogP contribution >= 0.6 is 22.9 Å². The fraction of sp³-hybridized carbons (Fsp3) is 0.385. The van der Waals surface area contributed by atoms with Crippen LogP contribution in [0.5, 0.6) is 0 Å². The van der Waals surface area contributed by atoms with Crippen molar-refractivity contribution in [3.8, 4) is 0 Å². The van der Waals surface area contributed by atoms with Crippen LogP contribution in [0.2, 0.25) is 5.15 Å². The van der Waals surface area contributed by atoms with Gasteiger partial charge in [0.15, 0.2) is 15.2 Å². The Balaban J connectivity index is 1.75. The summed E-state index contributed by atoms with van der Waals surface area (Å²) in [5.74, 6) is -0.589. The quantitative estimate of drug-likeness (QED) is 0.769. The van der Waals surface area contributed by atoms with Crippen LogP contribution in [0.4, 0.5) is 10.8 Å². The lowest BCUT2D eigenvalue weighted by Crippen LogP contribution is -2.50. The molecular weight excluding hydrogens is 342 g/mol. The fourth-order valence-corrected chi connectivity index (χ4v) is 3.53. The van der Waals surface area contributed by atoms with Gasteiger partial charge in [-0.3, -0.25) is 9.48 Å². The first-order chi connectivity index (χ1) is 11.0. The second kappa shape index (κ2) is 6.17. The maximum absolute atomic E-state index is 12.4. The number of aromatic nitrogens is 3. The van der Waals surface area contributed by atoms with Gasteiger partial charge in [-0.25, -0.2) is 9.78 Å². The topological polar surface area (TPSA) is 80.6 Å². The number of piperazine rings is 1. The SMILES string of the molecule is COC(=O)c1sc(N2CCN(c3cnn(C)c3)C(=O)C2)nc1Cl. The van der Waals surface area contributed by atoms with Crippen molar-refractivity contribution in [2.75, 3.05) is 36.5 Å². The average Bonchev–Trinajstić information content (AvgIpc) is 3.12. The van der Waals surface area contributed by atoms with Crippen LogP contribution in [0.3, 0.4) is 0 Å². The number of thiazole rings is 1. The van der Waals surface area contributed by atoms with Crippen LogP contribution < -0.4 is 9.80 Å². The predicted octanol–water partition coefficient (Wildman–Crippen LogP) is 1.17.